The normalized spacial score (nSPS) is 10.9. The summed E-state index contributed by atoms with van der Waals surface area (Å²) >= 11 is 0. The van der Waals surface area contributed by atoms with Crippen LogP contribution in [0.5, 0.6) is 11.6 Å². The van der Waals surface area contributed by atoms with Crippen molar-refractivity contribution in [2.75, 3.05) is 24.9 Å². The molecule has 5 heterocycles. The first-order valence-corrected chi connectivity index (χ1v) is 22.0. The lowest BCUT2D eigenvalue weighted by atomic mass is 9.97. The minimum absolute atomic E-state index is 0. The Bertz CT molecular complexity index is 2920. The summed E-state index contributed by atoms with van der Waals surface area (Å²) in [5, 5.41) is 27.6. The third-order valence-electron chi connectivity index (χ3n) is 10.6. The Balaban J connectivity index is 0.000000453. The number of hydrogen-bond acceptors (Lipinski definition) is 11. The van der Waals surface area contributed by atoms with Crippen LogP contribution in [0, 0.1) is 0 Å². The van der Waals surface area contributed by atoms with E-state index >= 15 is 0 Å². The summed E-state index contributed by atoms with van der Waals surface area (Å²) in [5.41, 5.74) is 6.92. The fourth-order valence-corrected chi connectivity index (χ4v) is 6.92. The quantitative estimate of drug-likeness (QED) is 0.0459. The molecule has 5 aromatic heterocycles. The molecule has 1 atom stereocenters. The molecule has 0 spiro atoms. The molecule has 6 N–H and O–H groups in total. The van der Waals surface area contributed by atoms with Crippen LogP contribution in [0.15, 0.2) is 134 Å². The van der Waals surface area contributed by atoms with E-state index in [0.717, 1.165) is 57.1 Å². The maximum absolute atomic E-state index is 12.8. The number of anilines is 2. The molecule has 8 aromatic rings. The summed E-state index contributed by atoms with van der Waals surface area (Å²) in [6.45, 7) is 7.23. The number of rotatable bonds is 16. The lowest BCUT2D eigenvalue weighted by Crippen LogP contribution is -2.34. The van der Waals surface area contributed by atoms with Gasteiger partial charge in [-0.25, -0.2) is 14.1 Å². The first kappa shape index (κ1) is 49.0. The molecule has 18 heteroatoms. The minimum Gasteiger partial charge on any atom is -0.497 e. The molecular weight excluding hydrogens is 857 g/mol. The van der Waals surface area contributed by atoms with Crippen LogP contribution in [-0.2, 0) is 33.7 Å². The molecule has 17 nitrogen and oxygen atoms in total. The highest BCUT2D eigenvalue weighted by Gasteiger charge is 2.20. The molecule has 8 rings (SSSR count). The molecule has 0 aliphatic heterocycles. The number of pyridine rings is 3. The van der Waals surface area contributed by atoms with Crippen LogP contribution in [0.4, 0.5) is 11.4 Å². The van der Waals surface area contributed by atoms with Gasteiger partial charge in [0, 0.05) is 81.5 Å². The van der Waals surface area contributed by atoms with Gasteiger partial charge in [-0.2, -0.15) is 0 Å². The Morgan fingerprint density at radius 2 is 1.22 bits per heavy atom. The molecule has 0 saturated carbocycles. The Morgan fingerprint density at radius 3 is 1.75 bits per heavy atom. The predicted octanol–water partition coefficient (Wildman–Crippen LogP) is 6.45. The van der Waals surface area contributed by atoms with Crippen molar-refractivity contribution in [3.8, 4) is 34.4 Å². The SMILES string of the molecule is CC.COc1cccc([C@H](C)NC(=O)c2cccc(NCc3[nH]nc(-c4ccncc4)[n+]3C)c2)c1.[B]c1cnc(OC)c(CNC(=O)c2cccc(NCc3[nH]nc(-c4ccncc4)[n+]3C)c2)c1.[HH].[HH].[HH].[HH]. The first-order chi connectivity index (χ1) is 33.1. The monoisotopic (exact) mass is 922 g/mol. The van der Waals surface area contributed by atoms with Gasteiger partial charge in [0.2, 0.25) is 5.88 Å². The largest absolute Gasteiger partial charge is 0.497 e. The van der Waals surface area contributed by atoms with Crippen molar-refractivity contribution in [2.24, 2.45) is 14.1 Å². The number of aromatic amines is 2. The number of carbonyl (C=O) groups is 2. The van der Waals surface area contributed by atoms with Crippen LogP contribution in [0.25, 0.3) is 22.8 Å². The van der Waals surface area contributed by atoms with E-state index in [4.69, 9.17) is 17.3 Å². The molecule has 2 amide bonds. The van der Waals surface area contributed by atoms with Gasteiger partial charge in [0.1, 0.15) is 26.7 Å². The van der Waals surface area contributed by atoms with Crippen molar-refractivity contribution in [3.05, 3.63) is 168 Å². The van der Waals surface area contributed by atoms with E-state index in [-0.39, 0.29) is 30.1 Å². The zero-order valence-corrected chi connectivity index (χ0v) is 39.2. The topological polar surface area (TPSA) is 205 Å². The first-order valence-electron chi connectivity index (χ1n) is 22.0. The third kappa shape index (κ3) is 12.9. The molecule has 2 radical (unpaired) electrons. The summed E-state index contributed by atoms with van der Waals surface area (Å²) in [4.78, 5) is 37.7. The van der Waals surface area contributed by atoms with Gasteiger partial charge < -0.3 is 30.7 Å². The van der Waals surface area contributed by atoms with Gasteiger partial charge in [0.25, 0.3) is 23.5 Å². The van der Waals surface area contributed by atoms with Crippen LogP contribution in [0.2, 0.25) is 0 Å². The standard InChI is InChI=1S/C25H26N6O2.C23H22BN7O2.C2H6.4H2/c1-17(19-6-5-9-22(15-19)33-3)28-25(32)20-7-4-8-21(14-20)27-16-23-29-30-24(31(23)2)18-10-12-26-13-11-18;1-31-20(29-30-21(31)15-6-8-25-9-7-15)14-26-19-5-3-4-16(11-19)22(32)27-12-17-10-18(24)13-28-23(17)33-2;1-2;;;;/h4-15,17,27H,16H2,1-3H3,(H,28,32);3-11,13,26H,12,14H2,1-2H3,(H,27,32);1-2H3;4*1H/p+2/t17-;;;;;;/m0....../s1. The summed E-state index contributed by atoms with van der Waals surface area (Å²) in [5.74, 6) is 4.28. The number of hydrogen-bond donors (Lipinski definition) is 6. The molecule has 354 valence electrons. The number of ether oxygens (including phenoxy) is 2. The van der Waals surface area contributed by atoms with Gasteiger partial charge in [0.05, 0.1) is 45.5 Å². The number of methoxy groups -OCH3 is 2. The van der Waals surface area contributed by atoms with Crippen LogP contribution < -0.4 is 45.3 Å². The second kappa shape index (κ2) is 24.2. The van der Waals surface area contributed by atoms with E-state index in [1.807, 2.05) is 123 Å². The molecule has 68 heavy (non-hydrogen) atoms. The zero-order chi connectivity index (χ0) is 48.4. The summed E-state index contributed by atoms with van der Waals surface area (Å²) < 4.78 is 14.5. The Kier molecular flexibility index (Phi) is 17.5. The molecule has 0 fully saturated rings. The Hall–Kier alpha value is -8.41. The van der Waals surface area contributed by atoms with Crippen molar-refractivity contribution in [1.29, 1.82) is 0 Å². The van der Waals surface area contributed by atoms with Crippen LogP contribution in [0.3, 0.4) is 0 Å². The maximum Gasteiger partial charge on any atom is 0.308 e. The van der Waals surface area contributed by atoms with Crippen molar-refractivity contribution < 1.29 is 33.9 Å². The summed E-state index contributed by atoms with van der Waals surface area (Å²) in [6, 6.07) is 31.6. The molecular formula is C50H64BN13O4+2. The van der Waals surface area contributed by atoms with Gasteiger partial charge in [0.15, 0.2) is 0 Å². The number of amides is 2. The number of benzene rings is 3. The second-order valence-electron chi connectivity index (χ2n) is 15.0. The second-order valence-corrected chi connectivity index (χ2v) is 15.0. The van der Waals surface area contributed by atoms with Crippen molar-refractivity contribution in [1.82, 2.24) is 46.0 Å². The summed E-state index contributed by atoms with van der Waals surface area (Å²) in [7, 11) is 12.9. The number of aromatic nitrogens is 9. The average molecular weight is 922 g/mol. The molecule has 0 unspecified atom stereocenters. The number of nitrogens with zero attached hydrogens (tertiary/aromatic N) is 7. The van der Waals surface area contributed by atoms with Gasteiger partial charge >= 0.3 is 11.6 Å². The molecule has 0 aliphatic rings. The number of H-pyrrole nitrogens is 2. The van der Waals surface area contributed by atoms with Crippen molar-refractivity contribution >= 4 is 36.5 Å². The van der Waals surface area contributed by atoms with Crippen molar-refractivity contribution in [2.45, 2.75) is 46.4 Å². The Morgan fingerprint density at radius 1 is 0.691 bits per heavy atom. The average Bonchev–Trinajstić information content (AvgIpc) is 3.95. The fraction of sp³-hybridized carbons (Fsp3) is 0.220. The fourth-order valence-electron chi connectivity index (χ4n) is 6.92. The molecule has 0 saturated heterocycles. The molecule has 0 aliphatic carbocycles. The number of carbonyl (C=O) groups excluding carboxylic acids is 2. The highest BCUT2D eigenvalue weighted by Crippen LogP contribution is 2.21. The molecule has 0 bridgehead atoms. The maximum atomic E-state index is 12.8. The van der Waals surface area contributed by atoms with Gasteiger partial charge in [-0.15, -0.1) is 10.2 Å². The lowest BCUT2D eigenvalue weighted by molar-refractivity contribution is -0.668. The zero-order valence-electron chi connectivity index (χ0n) is 39.2. The van der Waals surface area contributed by atoms with E-state index in [2.05, 4.69) is 56.6 Å². The van der Waals surface area contributed by atoms with E-state index in [0.29, 0.717) is 41.1 Å². The van der Waals surface area contributed by atoms with E-state index in [1.54, 1.807) is 56.2 Å². The smallest absolute Gasteiger partial charge is 0.308 e. The predicted molar refractivity (Wildman–Crippen MR) is 270 cm³/mol. The van der Waals surface area contributed by atoms with E-state index in [1.165, 1.54) is 13.3 Å². The van der Waals surface area contributed by atoms with Crippen LogP contribution >= 0.6 is 0 Å². The van der Waals surface area contributed by atoms with Crippen LogP contribution in [0.1, 0.15) is 76.0 Å². The van der Waals surface area contributed by atoms with Gasteiger partial charge in [-0.3, -0.25) is 19.6 Å². The highest BCUT2D eigenvalue weighted by atomic mass is 16.5. The summed E-state index contributed by atoms with van der Waals surface area (Å²) in [6.07, 6.45) is 8.47. The highest BCUT2D eigenvalue weighted by molar-refractivity contribution is 6.32. The van der Waals surface area contributed by atoms with E-state index in [9.17, 15) is 9.59 Å². The van der Waals surface area contributed by atoms with E-state index < -0.39 is 0 Å². The van der Waals surface area contributed by atoms with Crippen molar-refractivity contribution in [3.63, 3.8) is 0 Å². The Labute approximate surface area is 403 Å². The third-order valence-corrected chi connectivity index (χ3v) is 10.6. The van der Waals surface area contributed by atoms with Gasteiger partial charge in [-0.05, 0) is 85.3 Å². The number of nitrogens with one attached hydrogen (secondary N) is 6. The van der Waals surface area contributed by atoms with Crippen LogP contribution in [-0.4, -0.2) is 69.2 Å². The van der Waals surface area contributed by atoms with Gasteiger partial charge in [-0.1, -0.05) is 49.6 Å². The lowest BCUT2D eigenvalue weighted by Gasteiger charge is -2.15. The minimum atomic E-state index is -0.213. The molecule has 3 aromatic carbocycles.